The summed E-state index contributed by atoms with van der Waals surface area (Å²) in [5.74, 6) is 0.402. The van der Waals surface area contributed by atoms with Gasteiger partial charge in [-0.2, -0.15) is 0 Å². The van der Waals surface area contributed by atoms with Crippen LogP contribution in [0.15, 0.2) is 53.4 Å². The van der Waals surface area contributed by atoms with Crippen molar-refractivity contribution in [1.82, 2.24) is 4.72 Å². The first-order chi connectivity index (χ1) is 12.4. The molecule has 0 radical (unpaired) electrons. The Bertz CT molecular complexity index is 865. The predicted octanol–water partition coefficient (Wildman–Crippen LogP) is 2.73. The number of anilines is 1. The van der Waals surface area contributed by atoms with Crippen LogP contribution in [0.5, 0.6) is 5.75 Å². The number of hydrogen-bond acceptors (Lipinski definition) is 4. The molecule has 0 saturated heterocycles. The summed E-state index contributed by atoms with van der Waals surface area (Å²) in [5.41, 5.74) is 1.29. The van der Waals surface area contributed by atoms with Crippen molar-refractivity contribution in [3.63, 3.8) is 0 Å². The Morgan fingerprint density at radius 2 is 1.77 bits per heavy atom. The number of para-hydroxylation sites is 2. The van der Waals surface area contributed by atoms with Gasteiger partial charge in [0.25, 0.3) is 0 Å². The Morgan fingerprint density at radius 3 is 2.42 bits per heavy atom. The van der Waals surface area contributed by atoms with Gasteiger partial charge in [-0.25, -0.2) is 13.1 Å². The molecule has 0 aliphatic rings. The third-order valence-corrected chi connectivity index (χ3v) is 5.47. The molecule has 2 aromatic carbocycles. The van der Waals surface area contributed by atoms with E-state index in [2.05, 4.69) is 4.72 Å². The first kappa shape index (κ1) is 19.9. The normalized spacial score (nSPS) is 11.2. The number of nitrogens with zero attached hydrogens (tertiary/aromatic N) is 1. The van der Waals surface area contributed by atoms with Gasteiger partial charge in [0, 0.05) is 20.0 Å². The van der Waals surface area contributed by atoms with E-state index in [9.17, 15) is 13.2 Å². The molecular formula is C19H24N2O4S. The summed E-state index contributed by atoms with van der Waals surface area (Å²) >= 11 is 0. The monoisotopic (exact) mass is 376 g/mol. The number of amides is 1. The van der Waals surface area contributed by atoms with Gasteiger partial charge in [0.15, 0.2) is 0 Å². The molecule has 6 nitrogen and oxygen atoms in total. The van der Waals surface area contributed by atoms with Crippen LogP contribution in [0.2, 0.25) is 0 Å². The Kier molecular flexibility index (Phi) is 6.76. The summed E-state index contributed by atoms with van der Waals surface area (Å²) < 4.78 is 33.1. The van der Waals surface area contributed by atoms with E-state index in [4.69, 9.17) is 4.74 Å². The molecule has 26 heavy (non-hydrogen) atoms. The van der Waals surface area contributed by atoms with E-state index in [1.54, 1.807) is 43.3 Å². The van der Waals surface area contributed by atoms with Gasteiger partial charge in [-0.15, -0.1) is 0 Å². The molecule has 0 aliphatic carbocycles. The van der Waals surface area contributed by atoms with E-state index in [0.717, 1.165) is 0 Å². The van der Waals surface area contributed by atoms with Gasteiger partial charge in [-0.05, 0) is 37.6 Å². The smallest absolute Gasteiger partial charge is 0.240 e. The second kappa shape index (κ2) is 8.82. The zero-order valence-electron chi connectivity index (χ0n) is 15.2. The summed E-state index contributed by atoms with van der Waals surface area (Å²) in [7, 11) is -3.63. The Balaban J connectivity index is 2.13. The summed E-state index contributed by atoms with van der Waals surface area (Å²) in [5, 5.41) is 0. The van der Waals surface area contributed by atoms with Crippen LogP contribution in [0.3, 0.4) is 0 Å². The fraction of sp³-hybridized carbons (Fsp3) is 0.316. The molecule has 0 bridgehead atoms. The van der Waals surface area contributed by atoms with Crippen molar-refractivity contribution in [2.45, 2.75) is 25.7 Å². The Morgan fingerprint density at radius 1 is 1.12 bits per heavy atom. The van der Waals surface area contributed by atoms with Crippen molar-refractivity contribution in [1.29, 1.82) is 0 Å². The van der Waals surface area contributed by atoms with E-state index in [1.807, 2.05) is 19.1 Å². The highest BCUT2D eigenvalue weighted by atomic mass is 32.2. The van der Waals surface area contributed by atoms with Crippen LogP contribution in [-0.4, -0.2) is 34.0 Å². The van der Waals surface area contributed by atoms with Crippen molar-refractivity contribution < 1.29 is 17.9 Å². The van der Waals surface area contributed by atoms with E-state index in [0.29, 0.717) is 23.6 Å². The molecule has 1 amide bonds. The SMILES string of the molecule is CCOc1ccccc1N(CCNS(=O)(=O)c1ccccc1C)C(C)=O. The molecule has 0 unspecified atom stereocenters. The highest BCUT2D eigenvalue weighted by Gasteiger charge is 2.19. The minimum Gasteiger partial charge on any atom is -0.492 e. The molecule has 0 heterocycles. The lowest BCUT2D eigenvalue weighted by Crippen LogP contribution is -2.37. The molecule has 7 heteroatoms. The molecular weight excluding hydrogens is 352 g/mol. The zero-order valence-corrected chi connectivity index (χ0v) is 16.0. The van der Waals surface area contributed by atoms with Gasteiger partial charge < -0.3 is 9.64 Å². The number of carbonyl (C=O) groups excluding carboxylic acids is 1. The molecule has 0 spiro atoms. The van der Waals surface area contributed by atoms with Crippen LogP contribution in [0.4, 0.5) is 5.69 Å². The summed E-state index contributed by atoms with van der Waals surface area (Å²) in [6, 6.07) is 14.0. The number of sulfonamides is 1. The average molecular weight is 376 g/mol. The average Bonchev–Trinajstić information content (AvgIpc) is 2.60. The van der Waals surface area contributed by atoms with E-state index < -0.39 is 10.0 Å². The Labute approximate surface area is 154 Å². The fourth-order valence-corrected chi connectivity index (χ4v) is 3.90. The number of carbonyl (C=O) groups is 1. The van der Waals surface area contributed by atoms with Gasteiger partial charge in [0.05, 0.1) is 17.2 Å². The molecule has 2 rings (SSSR count). The second-order valence-corrected chi connectivity index (χ2v) is 7.47. The first-order valence-electron chi connectivity index (χ1n) is 8.42. The van der Waals surface area contributed by atoms with Gasteiger partial charge in [-0.1, -0.05) is 30.3 Å². The maximum Gasteiger partial charge on any atom is 0.240 e. The minimum absolute atomic E-state index is 0.0940. The molecule has 0 atom stereocenters. The fourth-order valence-electron chi connectivity index (χ4n) is 2.63. The van der Waals surface area contributed by atoms with Crippen molar-refractivity contribution in [2.24, 2.45) is 0 Å². The highest BCUT2D eigenvalue weighted by molar-refractivity contribution is 7.89. The van der Waals surface area contributed by atoms with Crippen LogP contribution in [0.25, 0.3) is 0 Å². The molecule has 0 aromatic heterocycles. The van der Waals surface area contributed by atoms with E-state index >= 15 is 0 Å². The summed E-state index contributed by atoms with van der Waals surface area (Å²) in [6.07, 6.45) is 0. The highest BCUT2D eigenvalue weighted by Crippen LogP contribution is 2.28. The molecule has 2 aromatic rings. The van der Waals surface area contributed by atoms with Crippen molar-refractivity contribution in [3.8, 4) is 5.75 Å². The maximum atomic E-state index is 12.5. The van der Waals surface area contributed by atoms with Crippen molar-refractivity contribution >= 4 is 21.6 Å². The molecule has 140 valence electrons. The van der Waals surface area contributed by atoms with Crippen LogP contribution < -0.4 is 14.4 Å². The van der Waals surface area contributed by atoms with Gasteiger partial charge >= 0.3 is 0 Å². The number of nitrogens with one attached hydrogen (secondary N) is 1. The Hall–Kier alpha value is -2.38. The lowest BCUT2D eigenvalue weighted by molar-refractivity contribution is -0.116. The number of hydrogen-bond donors (Lipinski definition) is 1. The van der Waals surface area contributed by atoms with Crippen LogP contribution >= 0.6 is 0 Å². The van der Waals surface area contributed by atoms with Crippen LogP contribution in [0, 0.1) is 6.92 Å². The lowest BCUT2D eigenvalue weighted by atomic mass is 10.2. The number of benzene rings is 2. The standard InChI is InChI=1S/C19H24N2O4S/c1-4-25-18-11-7-6-10-17(18)21(16(3)22)14-13-20-26(23,24)19-12-8-5-9-15(19)2/h5-12,20H,4,13-14H2,1-3H3. The lowest BCUT2D eigenvalue weighted by Gasteiger charge is -2.24. The maximum absolute atomic E-state index is 12.5. The first-order valence-corrected chi connectivity index (χ1v) is 9.90. The second-order valence-electron chi connectivity index (χ2n) is 5.73. The topological polar surface area (TPSA) is 75.7 Å². The third-order valence-electron chi connectivity index (χ3n) is 3.85. The predicted molar refractivity (Wildman–Crippen MR) is 102 cm³/mol. The van der Waals surface area contributed by atoms with Crippen LogP contribution in [0.1, 0.15) is 19.4 Å². The van der Waals surface area contributed by atoms with Gasteiger partial charge in [-0.3, -0.25) is 4.79 Å². The molecule has 1 N–H and O–H groups in total. The van der Waals surface area contributed by atoms with Gasteiger partial charge in [0.1, 0.15) is 5.75 Å². The van der Waals surface area contributed by atoms with Gasteiger partial charge in [0.2, 0.25) is 15.9 Å². The minimum atomic E-state index is -3.63. The van der Waals surface area contributed by atoms with Crippen LogP contribution in [-0.2, 0) is 14.8 Å². The van der Waals surface area contributed by atoms with Crippen molar-refractivity contribution in [2.75, 3.05) is 24.6 Å². The largest absolute Gasteiger partial charge is 0.492 e. The van der Waals surface area contributed by atoms with Crippen molar-refractivity contribution in [3.05, 3.63) is 54.1 Å². The van der Waals surface area contributed by atoms with E-state index in [1.165, 1.54) is 11.8 Å². The third kappa shape index (κ3) is 4.83. The molecule has 0 fully saturated rings. The number of ether oxygens (including phenoxy) is 1. The van der Waals surface area contributed by atoms with E-state index in [-0.39, 0.29) is 23.9 Å². The summed E-state index contributed by atoms with van der Waals surface area (Å²) in [4.78, 5) is 13.8. The summed E-state index contributed by atoms with van der Waals surface area (Å²) in [6.45, 7) is 5.82. The molecule has 0 saturated carbocycles. The zero-order chi connectivity index (χ0) is 19.2. The quantitative estimate of drug-likeness (QED) is 0.769. The number of rotatable bonds is 8. The number of aryl methyl sites for hydroxylation is 1. The molecule has 0 aliphatic heterocycles.